The third kappa shape index (κ3) is 2.05. The van der Waals surface area contributed by atoms with Crippen LogP contribution < -0.4 is 0 Å². The number of rotatable bonds is 3. The Morgan fingerprint density at radius 3 is 2.27 bits per heavy atom. The number of nitrogens with zero attached hydrogens (tertiary/aromatic N) is 4. The zero-order valence-corrected chi connectivity index (χ0v) is 7.59. The molecule has 0 aliphatic heterocycles. The Kier molecular flexibility index (Phi) is 2.91. The lowest BCUT2D eigenvalue weighted by Gasteiger charge is -2.19. The first kappa shape index (κ1) is 11.8. The number of tetrazole rings is 1. The summed E-state index contributed by atoms with van der Waals surface area (Å²) in [5.41, 5.74) is 0. The number of aromatic nitrogens is 4. The molecule has 0 saturated carbocycles. The molecule has 0 unspecified atom stereocenters. The minimum absolute atomic E-state index is 0.0430. The van der Waals surface area contributed by atoms with Gasteiger partial charge in [0.15, 0.2) is 5.82 Å². The molecule has 1 rings (SSSR count). The molecule has 15 heavy (non-hydrogen) atoms. The molecule has 0 radical (unpaired) electrons. The monoisotopic (exact) mass is 230 g/mol. The molecule has 1 aromatic heterocycles. The predicted molar refractivity (Wildman–Crippen MR) is 38.1 cm³/mol. The Morgan fingerprint density at radius 1 is 1.20 bits per heavy atom. The summed E-state index contributed by atoms with van der Waals surface area (Å²) in [6.45, 7) is 1.62. The van der Waals surface area contributed by atoms with Crippen molar-refractivity contribution < 1.29 is 22.0 Å². The fraction of sp³-hybridized carbons (Fsp3) is 0.833. The van der Waals surface area contributed by atoms with Gasteiger partial charge in [0.05, 0.1) is 0 Å². The van der Waals surface area contributed by atoms with E-state index in [1.807, 2.05) is 0 Å². The van der Waals surface area contributed by atoms with Crippen LogP contribution in [-0.2, 0) is 12.5 Å². The summed E-state index contributed by atoms with van der Waals surface area (Å²) in [7, 11) is 0. The van der Waals surface area contributed by atoms with E-state index in [1.165, 1.54) is 0 Å². The van der Waals surface area contributed by atoms with Crippen molar-refractivity contribution in [2.24, 2.45) is 0 Å². The van der Waals surface area contributed by atoms with Crippen molar-refractivity contribution in [1.29, 1.82) is 0 Å². The van der Waals surface area contributed by atoms with Crippen LogP contribution in [0.2, 0.25) is 0 Å². The van der Waals surface area contributed by atoms with Gasteiger partial charge >= 0.3 is 12.2 Å². The summed E-state index contributed by atoms with van der Waals surface area (Å²) in [6, 6.07) is -5.07. The molecule has 0 N–H and O–H groups in total. The van der Waals surface area contributed by atoms with Crippen molar-refractivity contribution in [3.05, 3.63) is 5.82 Å². The highest BCUT2D eigenvalue weighted by Crippen LogP contribution is 2.39. The predicted octanol–water partition coefficient (Wildman–Crippen LogP) is 1.74. The summed E-state index contributed by atoms with van der Waals surface area (Å²) in [5.74, 6) is -0.486. The molecule has 0 saturated heterocycles. The van der Waals surface area contributed by atoms with Crippen LogP contribution in [0.4, 0.5) is 22.0 Å². The first-order valence-electron chi connectivity index (χ1n) is 4.03. The molecule has 0 spiro atoms. The van der Waals surface area contributed by atoms with E-state index in [1.54, 1.807) is 6.92 Å². The zero-order valence-electron chi connectivity index (χ0n) is 7.59. The summed E-state index contributed by atoms with van der Waals surface area (Å²) < 4.78 is 60.9. The maximum Gasteiger partial charge on any atom is 0.477 e. The van der Waals surface area contributed by atoms with Crippen molar-refractivity contribution in [1.82, 2.24) is 20.2 Å². The highest BCUT2D eigenvalue weighted by molar-refractivity contribution is 4.86. The van der Waals surface area contributed by atoms with Crippen molar-refractivity contribution in [2.45, 2.75) is 32.0 Å². The lowest BCUT2D eigenvalue weighted by Crippen LogP contribution is -2.41. The van der Waals surface area contributed by atoms with E-state index in [0.29, 0.717) is 6.42 Å². The molecule has 9 heteroatoms. The van der Waals surface area contributed by atoms with Gasteiger partial charge in [-0.3, -0.25) is 0 Å². The maximum atomic E-state index is 12.8. The molecule has 1 heterocycles. The van der Waals surface area contributed by atoms with Crippen LogP contribution in [-0.4, -0.2) is 26.4 Å². The molecular weight excluding hydrogens is 223 g/mol. The topological polar surface area (TPSA) is 43.6 Å². The van der Waals surface area contributed by atoms with Gasteiger partial charge in [-0.05, 0) is 16.8 Å². The van der Waals surface area contributed by atoms with E-state index in [2.05, 4.69) is 15.5 Å². The summed E-state index contributed by atoms with van der Waals surface area (Å²) in [6.07, 6.45) is -5.38. The third-order valence-electron chi connectivity index (χ3n) is 1.61. The molecule has 4 nitrogen and oxygen atoms in total. The number of alkyl halides is 5. The fourth-order valence-corrected chi connectivity index (χ4v) is 0.923. The van der Waals surface area contributed by atoms with Crippen LogP contribution in [0.15, 0.2) is 0 Å². The van der Waals surface area contributed by atoms with Gasteiger partial charge in [0, 0.05) is 6.42 Å². The normalized spacial score (nSPS) is 13.2. The summed E-state index contributed by atoms with van der Waals surface area (Å²) in [4.78, 5) is 0. The molecule has 1 aromatic rings. The van der Waals surface area contributed by atoms with Gasteiger partial charge in [0.25, 0.3) is 0 Å². The Balaban J connectivity index is 3.09. The second-order valence-corrected chi connectivity index (χ2v) is 2.80. The number of halogens is 5. The number of hydrogen-bond donors (Lipinski definition) is 0. The Bertz CT molecular complexity index is 331. The van der Waals surface area contributed by atoms with Crippen molar-refractivity contribution in [3.8, 4) is 0 Å². The van der Waals surface area contributed by atoms with Gasteiger partial charge in [-0.15, -0.1) is 5.10 Å². The van der Waals surface area contributed by atoms with Crippen LogP contribution in [0.25, 0.3) is 0 Å². The average molecular weight is 230 g/mol. The Morgan fingerprint density at radius 2 is 1.80 bits per heavy atom. The third-order valence-corrected chi connectivity index (χ3v) is 1.61. The van der Waals surface area contributed by atoms with Crippen molar-refractivity contribution >= 4 is 0 Å². The molecule has 0 atom stereocenters. The molecule has 0 fully saturated rings. The molecule has 86 valence electrons. The van der Waals surface area contributed by atoms with E-state index >= 15 is 0 Å². The highest BCUT2D eigenvalue weighted by Gasteiger charge is 2.61. The van der Waals surface area contributed by atoms with E-state index in [4.69, 9.17) is 0 Å². The molecule has 0 aliphatic carbocycles. The quantitative estimate of drug-likeness (QED) is 0.743. The van der Waals surface area contributed by atoms with Gasteiger partial charge in [-0.2, -0.15) is 26.6 Å². The fourth-order valence-electron chi connectivity index (χ4n) is 0.923. The van der Waals surface area contributed by atoms with E-state index in [9.17, 15) is 22.0 Å². The molecule has 0 aliphatic rings. The van der Waals surface area contributed by atoms with E-state index in [0.717, 1.165) is 0 Å². The zero-order chi connectivity index (χ0) is 11.7. The van der Waals surface area contributed by atoms with Gasteiger partial charge in [-0.25, -0.2) is 0 Å². The molecule has 0 amide bonds. The lowest BCUT2D eigenvalue weighted by atomic mass is 10.3. The second kappa shape index (κ2) is 3.70. The lowest BCUT2D eigenvalue weighted by molar-refractivity contribution is -0.329. The average Bonchev–Trinajstić information content (AvgIpc) is 2.51. The molecule has 0 aromatic carbocycles. The summed E-state index contributed by atoms with van der Waals surface area (Å²) in [5, 5.41) is 8.57. The first-order valence-corrected chi connectivity index (χ1v) is 4.03. The second-order valence-electron chi connectivity index (χ2n) is 2.80. The molecular formula is C6H7F5N4. The maximum absolute atomic E-state index is 12.8. The van der Waals surface area contributed by atoms with E-state index < -0.39 is 22.7 Å². The molecule has 0 bridgehead atoms. The van der Waals surface area contributed by atoms with E-state index in [-0.39, 0.29) is 6.42 Å². The van der Waals surface area contributed by atoms with Gasteiger partial charge in [-0.1, -0.05) is 6.92 Å². The van der Waals surface area contributed by atoms with Crippen molar-refractivity contribution in [2.75, 3.05) is 0 Å². The first-order chi connectivity index (χ1) is 6.80. The Hall–Kier alpha value is -1.28. The van der Waals surface area contributed by atoms with Crippen molar-refractivity contribution in [3.63, 3.8) is 0 Å². The van der Waals surface area contributed by atoms with Crippen LogP contribution >= 0.6 is 0 Å². The number of hydrogen-bond acceptors (Lipinski definition) is 3. The highest BCUT2D eigenvalue weighted by atomic mass is 19.4. The Labute approximate surface area is 81.1 Å². The van der Waals surface area contributed by atoms with Crippen LogP contribution in [0.3, 0.4) is 0 Å². The largest absolute Gasteiger partial charge is 0.477 e. The minimum Gasteiger partial charge on any atom is -0.170 e. The van der Waals surface area contributed by atoms with Gasteiger partial charge < -0.3 is 0 Å². The smallest absolute Gasteiger partial charge is 0.170 e. The van der Waals surface area contributed by atoms with Crippen LogP contribution in [0.5, 0.6) is 0 Å². The standard InChI is InChI=1S/C6H7F5N4/c1-2-3-4-12-13-14-15(4)6(10,11)5(7,8)9/h2-3H2,1H3. The SMILES string of the molecule is CCCc1nnnn1C(F)(F)C(F)(F)F. The van der Waals surface area contributed by atoms with Gasteiger partial charge in [0.2, 0.25) is 0 Å². The minimum atomic E-state index is -5.70. The van der Waals surface area contributed by atoms with Crippen LogP contribution in [0, 0.1) is 0 Å². The summed E-state index contributed by atoms with van der Waals surface area (Å²) >= 11 is 0. The van der Waals surface area contributed by atoms with Crippen LogP contribution in [0.1, 0.15) is 19.2 Å². The number of aryl methyl sites for hydroxylation is 1. The van der Waals surface area contributed by atoms with Gasteiger partial charge in [0.1, 0.15) is 0 Å².